The molecular weight excluding hydrogens is 396 g/mol. The van der Waals surface area contributed by atoms with Crippen LogP contribution in [-0.4, -0.2) is 9.78 Å². The van der Waals surface area contributed by atoms with Gasteiger partial charge in [0.2, 0.25) is 0 Å². The van der Waals surface area contributed by atoms with Crippen LogP contribution in [0.1, 0.15) is 30.6 Å². The van der Waals surface area contributed by atoms with E-state index >= 15 is 0 Å². The van der Waals surface area contributed by atoms with Crippen LogP contribution in [0.2, 0.25) is 0 Å². The highest BCUT2D eigenvalue weighted by Crippen LogP contribution is 2.31. The van der Waals surface area contributed by atoms with Crippen molar-refractivity contribution in [2.24, 2.45) is 5.73 Å². The molecule has 1 aromatic heterocycles. The van der Waals surface area contributed by atoms with Gasteiger partial charge < -0.3 is 5.73 Å². The fourth-order valence-corrected chi connectivity index (χ4v) is 3.00. The molecule has 1 atom stereocenters. The Balaban J connectivity index is 2.52. The van der Waals surface area contributed by atoms with E-state index in [0.717, 1.165) is 6.42 Å². The van der Waals surface area contributed by atoms with E-state index in [1.165, 1.54) is 12.1 Å². The van der Waals surface area contributed by atoms with Crippen LogP contribution in [0.15, 0.2) is 27.3 Å². The third kappa shape index (κ3) is 2.94. The first kappa shape index (κ1) is 15.6. The van der Waals surface area contributed by atoms with Gasteiger partial charge in [0.1, 0.15) is 11.6 Å². The van der Waals surface area contributed by atoms with Crippen molar-refractivity contribution in [3.63, 3.8) is 0 Å². The summed E-state index contributed by atoms with van der Waals surface area (Å²) in [5, 5.41) is 4.16. The van der Waals surface area contributed by atoms with E-state index in [9.17, 15) is 8.78 Å². The molecule has 2 N–H and O–H groups in total. The number of aryl methyl sites for hydroxylation is 1. The predicted molar refractivity (Wildman–Crippen MR) is 80.3 cm³/mol. The summed E-state index contributed by atoms with van der Waals surface area (Å²) in [7, 11) is 0. The SMILES string of the molecule is CCCn1ncc(Br)c1C(N)c1c(F)cc(Br)cc1F. The Morgan fingerprint density at radius 1 is 1.30 bits per heavy atom. The van der Waals surface area contributed by atoms with E-state index < -0.39 is 17.7 Å². The Morgan fingerprint density at radius 2 is 1.90 bits per heavy atom. The first-order valence-electron chi connectivity index (χ1n) is 6.07. The molecule has 2 rings (SSSR count). The maximum Gasteiger partial charge on any atom is 0.132 e. The average Bonchev–Trinajstić information content (AvgIpc) is 2.69. The second-order valence-corrected chi connectivity index (χ2v) is 6.13. The standard InChI is InChI=1S/C13H13Br2F2N3/c1-2-3-20-13(8(15)6-19-20)12(18)11-9(16)4-7(14)5-10(11)17/h4-6,12H,2-3,18H2,1H3. The summed E-state index contributed by atoms with van der Waals surface area (Å²) < 4.78 is 30.7. The Kier molecular flexibility index (Phi) is 4.93. The molecule has 1 aromatic carbocycles. The Morgan fingerprint density at radius 3 is 2.45 bits per heavy atom. The van der Waals surface area contributed by atoms with Gasteiger partial charge in [-0.3, -0.25) is 4.68 Å². The van der Waals surface area contributed by atoms with Crippen LogP contribution in [0.3, 0.4) is 0 Å². The van der Waals surface area contributed by atoms with Gasteiger partial charge in [-0.2, -0.15) is 5.10 Å². The highest BCUT2D eigenvalue weighted by molar-refractivity contribution is 9.10. The van der Waals surface area contributed by atoms with Crippen molar-refractivity contribution >= 4 is 31.9 Å². The number of halogens is 4. The van der Waals surface area contributed by atoms with Crippen molar-refractivity contribution in [1.82, 2.24) is 9.78 Å². The fourth-order valence-electron chi connectivity index (χ4n) is 2.06. The van der Waals surface area contributed by atoms with Crippen LogP contribution in [0.25, 0.3) is 0 Å². The molecule has 20 heavy (non-hydrogen) atoms. The van der Waals surface area contributed by atoms with Crippen LogP contribution in [0.5, 0.6) is 0 Å². The van der Waals surface area contributed by atoms with Gasteiger partial charge in [0.15, 0.2) is 0 Å². The molecule has 0 radical (unpaired) electrons. The molecule has 7 heteroatoms. The van der Waals surface area contributed by atoms with Crippen molar-refractivity contribution in [2.45, 2.75) is 25.9 Å². The summed E-state index contributed by atoms with van der Waals surface area (Å²) >= 11 is 6.38. The minimum absolute atomic E-state index is 0.160. The van der Waals surface area contributed by atoms with Gasteiger partial charge in [-0.05, 0) is 34.5 Å². The Hall–Kier alpha value is -0.790. The van der Waals surface area contributed by atoms with E-state index in [2.05, 4.69) is 37.0 Å². The van der Waals surface area contributed by atoms with Crippen molar-refractivity contribution in [3.8, 4) is 0 Å². The topological polar surface area (TPSA) is 43.8 Å². The van der Waals surface area contributed by atoms with Crippen LogP contribution >= 0.6 is 31.9 Å². The fraction of sp³-hybridized carbons (Fsp3) is 0.308. The summed E-state index contributed by atoms with van der Waals surface area (Å²) in [6, 6.07) is 1.48. The lowest BCUT2D eigenvalue weighted by Crippen LogP contribution is -2.20. The zero-order chi connectivity index (χ0) is 14.9. The first-order valence-corrected chi connectivity index (χ1v) is 7.65. The molecule has 3 nitrogen and oxygen atoms in total. The molecule has 108 valence electrons. The van der Waals surface area contributed by atoms with Gasteiger partial charge in [0, 0.05) is 16.6 Å². The van der Waals surface area contributed by atoms with Gasteiger partial charge in [0.25, 0.3) is 0 Å². The molecule has 0 aliphatic rings. The molecule has 0 amide bonds. The zero-order valence-corrected chi connectivity index (χ0v) is 13.9. The molecule has 0 saturated heterocycles. The number of nitrogens with two attached hydrogens (primary N) is 1. The van der Waals surface area contributed by atoms with Crippen LogP contribution in [0.4, 0.5) is 8.78 Å². The molecule has 0 aliphatic heterocycles. The molecule has 0 bridgehead atoms. The van der Waals surface area contributed by atoms with Gasteiger partial charge in [-0.15, -0.1) is 0 Å². The van der Waals surface area contributed by atoms with Gasteiger partial charge in [-0.25, -0.2) is 8.78 Å². The molecular formula is C13H13Br2F2N3. The number of hydrogen-bond donors (Lipinski definition) is 1. The van der Waals surface area contributed by atoms with E-state index in [4.69, 9.17) is 5.73 Å². The predicted octanol–water partition coefficient (Wildman–Crippen LogP) is 4.14. The van der Waals surface area contributed by atoms with Crippen LogP contribution < -0.4 is 5.73 Å². The third-order valence-corrected chi connectivity index (χ3v) is 3.99. The first-order chi connectivity index (χ1) is 9.45. The largest absolute Gasteiger partial charge is 0.319 e. The van der Waals surface area contributed by atoms with Crippen LogP contribution in [-0.2, 0) is 6.54 Å². The second kappa shape index (κ2) is 6.32. The van der Waals surface area contributed by atoms with Crippen molar-refractivity contribution in [3.05, 3.63) is 50.2 Å². The molecule has 0 spiro atoms. The third-order valence-electron chi connectivity index (χ3n) is 2.92. The molecule has 1 heterocycles. The maximum absolute atomic E-state index is 14.0. The maximum atomic E-state index is 14.0. The lowest BCUT2D eigenvalue weighted by Gasteiger charge is -2.17. The smallest absolute Gasteiger partial charge is 0.132 e. The monoisotopic (exact) mass is 407 g/mol. The molecule has 0 fully saturated rings. The number of aromatic nitrogens is 2. The molecule has 1 unspecified atom stereocenters. The van der Waals surface area contributed by atoms with E-state index in [1.807, 2.05) is 6.92 Å². The van der Waals surface area contributed by atoms with E-state index in [0.29, 0.717) is 21.2 Å². The highest BCUT2D eigenvalue weighted by atomic mass is 79.9. The number of nitrogens with zero attached hydrogens (tertiary/aromatic N) is 2. The molecule has 2 aromatic rings. The summed E-state index contributed by atoms with van der Waals surface area (Å²) in [6.07, 6.45) is 2.43. The van der Waals surface area contributed by atoms with E-state index in [1.54, 1.807) is 10.9 Å². The molecule has 0 saturated carbocycles. The van der Waals surface area contributed by atoms with Crippen LogP contribution in [0, 0.1) is 11.6 Å². The van der Waals surface area contributed by atoms with Gasteiger partial charge in [-0.1, -0.05) is 22.9 Å². The summed E-state index contributed by atoms with van der Waals surface area (Å²) in [5.74, 6) is -1.36. The second-order valence-electron chi connectivity index (χ2n) is 4.36. The summed E-state index contributed by atoms with van der Waals surface area (Å²) in [6.45, 7) is 2.63. The average molecular weight is 409 g/mol. The number of benzene rings is 1. The van der Waals surface area contributed by atoms with Crippen molar-refractivity contribution in [1.29, 1.82) is 0 Å². The van der Waals surface area contributed by atoms with Gasteiger partial charge >= 0.3 is 0 Å². The molecule has 0 aliphatic carbocycles. The highest BCUT2D eigenvalue weighted by Gasteiger charge is 2.24. The minimum Gasteiger partial charge on any atom is -0.319 e. The zero-order valence-electron chi connectivity index (χ0n) is 10.7. The van der Waals surface area contributed by atoms with E-state index in [-0.39, 0.29) is 5.56 Å². The lowest BCUT2D eigenvalue weighted by atomic mass is 10.0. The van der Waals surface area contributed by atoms with Crippen molar-refractivity contribution in [2.75, 3.05) is 0 Å². The summed E-state index contributed by atoms with van der Waals surface area (Å²) in [4.78, 5) is 0. The van der Waals surface area contributed by atoms with Crippen molar-refractivity contribution < 1.29 is 8.78 Å². The number of hydrogen-bond acceptors (Lipinski definition) is 2. The lowest BCUT2D eigenvalue weighted by molar-refractivity contribution is 0.514. The minimum atomic E-state index is -0.925. The number of rotatable bonds is 4. The Labute approximate surface area is 132 Å². The normalized spacial score (nSPS) is 12.7. The quantitative estimate of drug-likeness (QED) is 0.825. The summed E-state index contributed by atoms with van der Waals surface area (Å²) in [5.41, 5.74) is 6.46. The van der Waals surface area contributed by atoms with Gasteiger partial charge in [0.05, 0.1) is 22.4 Å². The Bertz CT molecular complexity index is 605.